The molecule has 4 N–H and O–H groups in total. The number of hydrogen-bond donors (Lipinski definition) is 2. The molecular formula is C16H13N3O2S. The summed E-state index contributed by atoms with van der Waals surface area (Å²) >= 11 is 1.04. The molecular weight excluding hydrogens is 298 g/mol. The predicted molar refractivity (Wildman–Crippen MR) is 83.6 cm³/mol. The van der Waals surface area contributed by atoms with Crippen LogP contribution in [0.1, 0.15) is 37.6 Å². The quantitative estimate of drug-likeness (QED) is 0.884. The van der Waals surface area contributed by atoms with Gasteiger partial charge in [0.1, 0.15) is 5.41 Å². The number of carbonyl (C=O) groups excluding carboxylic acids is 2. The van der Waals surface area contributed by atoms with Gasteiger partial charge in [0.05, 0.1) is 21.5 Å². The Balaban J connectivity index is 2.18. The van der Waals surface area contributed by atoms with Gasteiger partial charge in [0.2, 0.25) is 0 Å². The summed E-state index contributed by atoms with van der Waals surface area (Å²) in [7, 11) is 0. The molecule has 0 saturated heterocycles. The third-order valence-corrected chi connectivity index (χ3v) is 5.14. The lowest BCUT2D eigenvalue weighted by atomic mass is 9.69. The molecule has 1 heterocycles. The molecule has 1 aliphatic rings. The Morgan fingerprint density at radius 2 is 2.00 bits per heavy atom. The van der Waals surface area contributed by atoms with Crippen LogP contribution in [-0.2, 0) is 11.8 Å². The van der Waals surface area contributed by atoms with Gasteiger partial charge in [-0.1, -0.05) is 30.3 Å². The van der Waals surface area contributed by atoms with Crippen LogP contribution in [0, 0.1) is 11.3 Å². The maximum Gasteiger partial charge on any atom is 0.251 e. The first-order valence-corrected chi connectivity index (χ1v) is 7.55. The van der Waals surface area contributed by atoms with Crippen LogP contribution in [-0.4, -0.2) is 11.7 Å². The molecule has 6 heteroatoms. The molecule has 0 fully saturated rings. The zero-order valence-electron chi connectivity index (χ0n) is 11.6. The number of rotatable bonds is 2. The van der Waals surface area contributed by atoms with Gasteiger partial charge in [-0.05, 0) is 24.0 Å². The zero-order chi connectivity index (χ0) is 15.9. The summed E-state index contributed by atoms with van der Waals surface area (Å²) in [6.07, 6.45) is 0.741. The highest BCUT2D eigenvalue weighted by Crippen LogP contribution is 2.44. The fraction of sp³-hybridized carbons (Fsp3) is 0.188. The van der Waals surface area contributed by atoms with Crippen LogP contribution in [0.15, 0.2) is 30.3 Å². The lowest BCUT2D eigenvalue weighted by molar-refractivity contribution is 0.0909. The standard InChI is InChI=1S/C16H13N3O2S/c17-8-16(9-4-2-1-3-5-9)7-6-10-11(14(18)21)15(19)22-12(10)13(16)20/h1-5H,6-7,19H2,(H2,18,21)/t16-/m1/s1. The zero-order valence-corrected chi connectivity index (χ0v) is 12.4. The molecule has 0 unspecified atom stereocenters. The van der Waals surface area contributed by atoms with Gasteiger partial charge in [-0.2, -0.15) is 5.26 Å². The van der Waals surface area contributed by atoms with Crippen molar-refractivity contribution < 1.29 is 9.59 Å². The maximum atomic E-state index is 12.9. The number of carbonyl (C=O) groups is 2. The van der Waals surface area contributed by atoms with Crippen LogP contribution in [0.5, 0.6) is 0 Å². The van der Waals surface area contributed by atoms with Crippen molar-refractivity contribution in [1.82, 2.24) is 0 Å². The molecule has 0 bridgehead atoms. The van der Waals surface area contributed by atoms with E-state index in [1.807, 2.05) is 6.07 Å². The van der Waals surface area contributed by atoms with Gasteiger partial charge in [0.15, 0.2) is 5.78 Å². The van der Waals surface area contributed by atoms with Crippen molar-refractivity contribution in [2.24, 2.45) is 5.73 Å². The Morgan fingerprint density at radius 3 is 2.59 bits per heavy atom. The normalized spacial score (nSPS) is 20.2. The van der Waals surface area contributed by atoms with Crippen LogP contribution < -0.4 is 11.5 Å². The van der Waals surface area contributed by atoms with E-state index < -0.39 is 11.3 Å². The van der Waals surface area contributed by atoms with E-state index in [0.29, 0.717) is 28.8 Å². The molecule has 1 atom stereocenters. The highest BCUT2D eigenvalue weighted by molar-refractivity contribution is 7.18. The summed E-state index contributed by atoms with van der Waals surface area (Å²) in [4.78, 5) is 24.9. The first kappa shape index (κ1) is 14.3. The highest BCUT2D eigenvalue weighted by atomic mass is 32.1. The minimum Gasteiger partial charge on any atom is -0.390 e. The number of nitrogens with two attached hydrogens (primary N) is 2. The second-order valence-corrected chi connectivity index (χ2v) is 6.28. The number of fused-ring (bicyclic) bond motifs is 1. The molecule has 0 radical (unpaired) electrons. The average molecular weight is 311 g/mol. The third kappa shape index (κ3) is 1.83. The Kier molecular flexibility index (Phi) is 3.23. The molecule has 0 saturated carbocycles. The van der Waals surface area contributed by atoms with Crippen molar-refractivity contribution in [2.75, 3.05) is 5.73 Å². The van der Waals surface area contributed by atoms with E-state index in [1.165, 1.54) is 0 Å². The molecule has 5 nitrogen and oxygen atoms in total. The second-order valence-electron chi connectivity index (χ2n) is 5.23. The number of thiophene rings is 1. The molecule has 0 spiro atoms. The lowest BCUT2D eigenvalue weighted by Gasteiger charge is -2.29. The summed E-state index contributed by atoms with van der Waals surface area (Å²) < 4.78 is 0. The fourth-order valence-electron chi connectivity index (χ4n) is 2.97. The van der Waals surface area contributed by atoms with Gasteiger partial charge in [-0.3, -0.25) is 9.59 Å². The molecule has 0 aliphatic heterocycles. The van der Waals surface area contributed by atoms with E-state index in [4.69, 9.17) is 11.5 Å². The second kappa shape index (κ2) is 4.97. The first-order chi connectivity index (χ1) is 10.5. The number of Topliss-reactive ketones (excluding diaryl/α,β-unsaturated/α-hetero) is 1. The lowest BCUT2D eigenvalue weighted by Crippen LogP contribution is -2.38. The number of primary amides is 1. The molecule has 1 aromatic heterocycles. The SMILES string of the molecule is N#C[C@@]1(c2ccccc2)CCc2c(sc(N)c2C(N)=O)C1=O. The molecule has 3 rings (SSSR count). The van der Waals surface area contributed by atoms with Crippen LogP contribution in [0.3, 0.4) is 0 Å². The fourth-order valence-corrected chi connectivity index (χ4v) is 4.11. The van der Waals surface area contributed by atoms with E-state index in [2.05, 4.69) is 6.07 Å². The van der Waals surface area contributed by atoms with Crippen LogP contribution in [0.4, 0.5) is 5.00 Å². The van der Waals surface area contributed by atoms with Crippen LogP contribution in [0.25, 0.3) is 0 Å². The van der Waals surface area contributed by atoms with Crippen molar-refractivity contribution in [3.8, 4) is 6.07 Å². The predicted octanol–water partition coefficient (Wildman–Crippen LogP) is 2.02. The van der Waals surface area contributed by atoms with E-state index >= 15 is 0 Å². The molecule has 22 heavy (non-hydrogen) atoms. The van der Waals surface area contributed by atoms with Crippen molar-refractivity contribution in [2.45, 2.75) is 18.3 Å². The largest absolute Gasteiger partial charge is 0.390 e. The van der Waals surface area contributed by atoms with Gasteiger partial charge < -0.3 is 11.5 Å². The van der Waals surface area contributed by atoms with Gasteiger partial charge in [0, 0.05) is 0 Å². The monoisotopic (exact) mass is 311 g/mol. The van der Waals surface area contributed by atoms with Crippen molar-refractivity contribution in [3.05, 3.63) is 51.9 Å². The minimum atomic E-state index is -1.22. The average Bonchev–Trinajstić information content (AvgIpc) is 2.86. The third-order valence-electron chi connectivity index (χ3n) is 4.08. The Morgan fingerprint density at radius 1 is 1.32 bits per heavy atom. The van der Waals surface area contributed by atoms with Crippen molar-refractivity contribution in [3.63, 3.8) is 0 Å². The van der Waals surface area contributed by atoms with E-state index in [0.717, 1.165) is 11.3 Å². The molecule has 110 valence electrons. The van der Waals surface area contributed by atoms with E-state index in [1.54, 1.807) is 24.3 Å². The number of nitrogen functional groups attached to an aromatic ring is 1. The van der Waals surface area contributed by atoms with E-state index in [-0.39, 0.29) is 16.3 Å². The number of nitriles is 1. The molecule has 2 aromatic rings. The Bertz CT molecular complexity index is 820. The number of hydrogen-bond acceptors (Lipinski definition) is 5. The highest BCUT2D eigenvalue weighted by Gasteiger charge is 2.46. The van der Waals surface area contributed by atoms with E-state index in [9.17, 15) is 14.9 Å². The Labute approximate surface area is 131 Å². The number of benzene rings is 1. The van der Waals surface area contributed by atoms with Crippen LogP contribution in [0.2, 0.25) is 0 Å². The topological polar surface area (TPSA) is 110 Å². The van der Waals surface area contributed by atoms with Gasteiger partial charge in [-0.25, -0.2) is 0 Å². The summed E-state index contributed by atoms with van der Waals surface area (Å²) in [6.45, 7) is 0. The van der Waals surface area contributed by atoms with Gasteiger partial charge in [0.25, 0.3) is 5.91 Å². The maximum absolute atomic E-state index is 12.9. The summed E-state index contributed by atoms with van der Waals surface area (Å²) in [5, 5.41) is 9.93. The van der Waals surface area contributed by atoms with Gasteiger partial charge in [-0.15, -0.1) is 11.3 Å². The molecule has 1 aliphatic carbocycles. The number of nitrogens with zero attached hydrogens (tertiary/aromatic N) is 1. The molecule has 1 amide bonds. The summed E-state index contributed by atoms with van der Waals surface area (Å²) in [6, 6.07) is 11.2. The van der Waals surface area contributed by atoms with Crippen molar-refractivity contribution in [1.29, 1.82) is 5.26 Å². The number of anilines is 1. The van der Waals surface area contributed by atoms with Crippen LogP contribution >= 0.6 is 11.3 Å². The minimum absolute atomic E-state index is 0.230. The smallest absolute Gasteiger partial charge is 0.251 e. The number of amides is 1. The molecule has 1 aromatic carbocycles. The number of ketones is 1. The summed E-state index contributed by atoms with van der Waals surface area (Å²) in [5.41, 5.74) is 11.4. The first-order valence-electron chi connectivity index (χ1n) is 6.74. The van der Waals surface area contributed by atoms with Crippen molar-refractivity contribution >= 4 is 28.0 Å². The van der Waals surface area contributed by atoms with Gasteiger partial charge >= 0.3 is 0 Å². The summed E-state index contributed by atoms with van der Waals surface area (Å²) in [5.74, 6) is -0.932. The Hall–Kier alpha value is -2.65.